The molecule has 0 spiro atoms. The van der Waals surface area contributed by atoms with E-state index in [0.717, 1.165) is 19.3 Å². The van der Waals surface area contributed by atoms with E-state index in [1.54, 1.807) is 26.0 Å². The van der Waals surface area contributed by atoms with E-state index in [1.165, 1.54) is 51.9 Å². The van der Waals surface area contributed by atoms with Crippen molar-refractivity contribution in [1.29, 1.82) is 0 Å². The van der Waals surface area contributed by atoms with Gasteiger partial charge in [-0.3, -0.25) is 14.4 Å². The Bertz CT molecular complexity index is 1150. The van der Waals surface area contributed by atoms with Crippen LogP contribution in [0.3, 0.4) is 0 Å². The molecule has 44 heavy (non-hydrogen) atoms. The van der Waals surface area contributed by atoms with Crippen LogP contribution in [0, 0.1) is 29.1 Å². The molecule has 0 bridgehead atoms. The predicted octanol–water partition coefficient (Wildman–Crippen LogP) is 5.75. The molecule has 8 atom stereocenters. The van der Waals surface area contributed by atoms with Gasteiger partial charge in [0.1, 0.15) is 11.7 Å². The van der Waals surface area contributed by atoms with Gasteiger partial charge in [0.2, 0.25) is 0 Å². The highest BCUT2D eigenvalue weighted by atomic mass is 16.6. The maximum absolute atomic E-state index is 13.3. The third kappa shape index (κ3) is 5.84. The van der Waals surface area contributed by atoms with Gasteiger partial charge in [0.25, 0.3) is 0 Å². The highest BCUT2D eigenvalue weighted by molar-refractivity contribution is 6.04. The van der Waals surface area contributed by atoms with Crippen molar-refractivity contribution < 1.29 is 39.2 Å². The number of ether oxygens (including phenoxy) is 2. The summed E-state index contributed by atoms with van der Waals surface area (Å²) in [5.41, 5.74) is -4.71. The Kier molecular flexibility index (Phi) is 10.6. The van der Waals surface area contributed by atoms with Crippen LogP contribution < -0.4 is 0 Å². The molecule has 0 saturated heterocycles. The fourth-order valence-corrected chi connectivity index (χ4v) is 9.20. The molecule has 3 N–H and O–H groups in total. The van der Waals surface area contributed by atoms with Crippen molar-refractivity contribution in [3.8, 4) is 0 Å². The van der Waals surface area contributed by atoms with Crippen LogP contribution >= 0.6 is 0 Å². The Morgan fingerprint density at radius 2 is 1.52 bits per heavy atom. The summed E-state index contributed by atoms with van der Waals surface area (Å²) < 4.78 is 12.3. The zero-order valence-electron chi connectivity index (χ0n) is 27.8. The molecule has 0 aromatic carbocycles. The van der Waals surface area contributed by atoms with Crippen LogP contribution in [-0.2, 0) is 23.9 Å². The lowest BCUT2D eigenvalue weighted by Gasteiger charge is -2.53. The van der Waals surface area contributed by atoms with E-state index in [-0.39, 0.29) is 19.4 Å². The SMILES string of the molecule is CCCCCCCCCCCCCC(=O)O[C@@H]1[C@@H](C)[C@@]2(O)[C@@H](C=C(CO)C[C@]3(O)C(=O)C(C)=C[C@@H]23)C2C(C)(C)[C@@]21OC(C)=O. The number of aliphatic hydroxyl groups excluding tert-OH is 1. The average molecular weight is 617 g/mol. The van der Waals surface area contributed by atoms with Gasteiger partial charge in [-0.2, -0.15) is 0 Å². The number of rotatable bonds is 15. The van der Waals surface area contributed by atoms with Crippen molar-refractivity contribution >= 4 is 17.7 Å². The quantitative estimate of drug-likeness (QED) is 0.120. The molecule has 4 aliphatic carbocycles. The van der Waals surface area contributed by atoms with Crippen LogP contribution in [0.15, 0.2) is 23.3 Å². The number of hydrogen-bond acceptors (Lipinski definition) is 8. The van der Waals surface area contributed by atoms with Crippen LogP contribution in [0.25, 0.3) is 0 Å². The molecule has 0 heterocycles. The number of carbonyl (C=O) groups excluding carboxylic acids is 3. The van der Waals surface area contributed by atoms with Crippen molar-refractivity contribution in [1.82, 2.24) is 0 Å². The standard InChI is InChI=1S/C36H56O8/c1-7-8-9-10-11-12-13-14-15-16-17-18-29(39)43-32-24(3)35(42)27(30-33(5,6)36(30,32)44-25(4)38)20-26(22-37)21-34(41)28(35)19-23(2)31(34)40/h19-20,24,27-28,30,32,37,41-42H,7-18,21-22H2,1-6H3/t24-,27+,28-,30?,32-,34-,35-,36-/m1/s1. The molecule has 248 valence electrons. The number of hydrogen-bond donors (Lipinski definition) is 3. The normalized spacial score (nSPS) is 36.8. The number of ketones is 1. The Balaban J connectivity index is 1.51. The first-order valence-corrected chi connectivity index (χ1v) is 17.1. The maximum atomic E-state index is 13.3. The van der Waals surface area contributed by atoms with Crippen molar-refractivity contribution in [2.75, 3.05) is 6.61 Å². The molecular formula is C36H56O8. The van der Waals surface area contributed by atoms with Crippen LogP contribution in [0.4, 0.5) is 0 Å². The minimum atomic E-state index is -1.93. The monoisotopic (exact) mass is 616 g/mol. The maximum Gasteiger partial charge on any atom is 0.306 e. The topological polar surface area (TPSA) is 130 Å². The Morgan fingerprint density at radius 3 is 2.07 bits per heavy atom. The molecule has 2 fully saturated rings. The third-order valence-corrected chi connectivity index (χ3v) is 11.5. The molecule has 1 unspecified atom stereocenters. The highest BCUT2D eigenvalue weighted by Crippen LogP contribution is 2.77. The number of Topliss-reactive ketones (excluding diaryl/α,β-unsaturated/α-hetero) is 1. The van der Waals surface area contributed by atoms with Gasteiger partial charge >= 0.3 is 11.9 Å². The van der Waals surface area contributed by atoms with Gasteiger partial charge in [-0.05, 0) is 24.5 Å². The van der Waals surface area contributed by atoms with E-state index in [0.29, 0.717) is 17.6 Å². The number of unbranched alkanes of at least 4 members (excludes halogenated alkanes) is 10. The number of esters is 2. The lowest BCUT2D eigenvalue weighted by Crippen LogP contribution is -2.66. The molecule has 0 aliphatic heterocycles. The highest BCUT2D eigenvalue weighted by Gasteiger charge is 2.87. The second-order valence-electron chi connectivity index (χ2n) is 14.7. The van der Waals surface area contributed by atoms with Crippen LogP contribution in [-0.4, -0.2) is 62.6 Å². The summed E-state index contributed by atoms with van der Waals surface area (Å²) in [4.78, 5) is 39.1. The molecule has 8 heteroatoms. The molecule has 8 nitrogen and oxygen atoms in total. The van der Waals surface area contributed by atoms with Gasteiger partial charge in [0.15, 0.2) is 11.4 Å². The van der Waals surface area contributed by atoms with Crippen molar-refractivity contribution in [3.05, 3.63) is 23.3 Å². The second kappa shape index (κ2) is 13.4. The second-order valence-corrected chi connectivity index (χ2v) is 14.7. The number of fused-ring (bicyclic) bond motifs is 5. The summed E-state index contributed by atoms with van der Waals surface area (Å²) in [5.74, 6) is -4.29. The van der Waals surface area contributed by atoms with Gasteiger partial charge < -0.3 is 24.8 Å². The minimum Gasteiger partial charge on any atom is -0.458 e. The molecule has 0 amide bonds. The molecular weight excluding hydrogens is 560 g/mol. The van der Waals surface area contributed by atoms with Crippen molar-refractivity contribution in [2.45, 2.75) is 148 Å². The molecule has 0 aromatic heterocycles. The minimum absolute atomic E-state index is 0.108. The Hall–Kier alpha value is -2.03. The first-order chi connectivity index (χ1) is 20.7. The summed E-state index contributed by atoms with van der Waals surface area (Å²) in [5, 5.41) is 34.8. The van der Waals surface area contributed by atoms with Crippen molar-refractivity contribution in [3.63, 3.8) is 0 Å². The van der Waals surface area contributed by atoms with Gasteiger partial charge in [0, 0.05) is 48.9 Å². The Labute approximate surface area is 263 Å². The fraction of sp³-hybridized carbons (Fsp3) is 0.806. The van der Waals surface area contributed by atoms with Gasteiger partial charge in [-0.25, -0.2) is 0 Å². The number of aliphatic hydroxyl groups is 3. The van der Waals surface area contributed by atoms with E-state index in [9.17, 15) is 29.7 Å². The summed E-state index contributed by atoms with van der Waals surface area (Å²) in [6.45, 7) is 10.4. The van der Waals surface area contributed by atoms with E-state index < -0.39 is 69.7 Å². The average Bonchev–Trinajstić information content (AvgIpc) is 3.38. The predicted molar refractivity (Wildman–Crippen MR) is 167 cm³/mol. The zero-order valence-corrected chi connectivity index (χ0v) is 27.8. The van der Waals surface area contributed by atoms with Crippen LogP contribution in [0.2, 0.25) is 0 Å². The van der Waals surface area contributed by atoms with Crippen molar-refractivity contribution in [2.24, 2.45) is 29.1 Å². The lowest BCUT2D eigenvalue weighted by molar-refractivity contribution is -0.228. The molecule has 4 rings (SSSR count). The lowest BCUT2D eigenvalue weighted by atomic mass is 9.59. The molecule has 4 aliphatic rings. The van der Waals surface area contributed by atoms with E-state index >= 15 is 0 Å². The molecule has 0 radical (unpaired) electrons. The first-order valence-electron chi connectivity index (χ1n) is 17.1. The summed E-state index contributed by atoms with van der Waals surface area (Å²) in [6.07, 6.45) is 15.4. The third-order valence-electron chi connectivity index (χ3n) is 11.5. The smallest absolute Gasteiger partial charge is 0.306 e. The Morgan fingerprint density at radius 1 is 0.955 bits per heavy atom. The molecule has 0 aromatic rings. The van der Waals surface area contributed by atoms with E-state index in [2.05, 4.69) is 6.92 Å². The van der Waals surface area contributed by atoms with Gasteiger partial charge in [0.05, 0.1) is 12.2 Å². The van der Waals surface area contributed by atoms with E-state index in [4.69, 9.17) is 9.47 Å². The summed E-state index contributed by atoms with van der Waals surface area (Å²) in [7, 11) is 0. The van der Waals surface area contributed by atoms with Crippen LogP contribution in [0.1, 0.15) is 125 Å². The molecule has 2 saturated carbocycles. The first kappa shape index (κ1) is 34.8. The van der Waals surface area contributed by atoms with E-state index in [1.807, 2.05) is 13.8 Å². The summed E-state index contributed by atoms with van der Waals surface area (Å²) >= 11 is 0. The van der Waals surface area contributed by atoms with Crippen LogP contribution in [0.5, 0.6) is 0 Å². The van der Waals surface area contributed by atoms with Gasteiger partial charge in [-0.1, -0.05) is 104 Å². The fourth-order valence-electron chi connectivity index (χ4n) is 9.20. The largest absolute Gasteiger partial charge is 0.458 e. The number of carbonyl (C=O) groups is 3. The zero-order chi connectivity index (χ0) is 32.5. The summed E-state index contributed by atoms with van der Waals surface area (Å²) in [6, 6.07) is 0. The van der Waals surface area contributed by atoms with Gasteiger partial charge in [-0.15, -0.1) is 0 Å².